The molecule has 1 saturated heterocycles. The molecule has 5 rings (SSSR count). The van der Waals surface area contributed by atoms with E-state index >= 15 is 0 Å². The molecule has 0 saturated carbocycles. The molecule has 4 aromatic rings. The van der Waals surface area contributed by atoms with Crippen molar-refractivity contribution in [1.29, 1.82) is 0 Å². The molecular weight excluding hydrogens is 420 g/mol. The minimum absolute atomic E-state index is 0.0272. The summed E-state index contributed by atoms with van der Waals surface area (Å²) in [6.07, 6.45) is 6.81. The number of nitrogens with zero attached hydrogens (tertiary/aromatic N) is 8. The summed E-state index contributed by atoms with van der Waals surface area (Å²) in [6, 6.07) is 11.4. The minimum atomic E-state index is -0.0272. The molecule has 3 aromatic heterocycles. The number of aryl methyl sites for hydroxylation is 1. The predicted octanol–water partition coefficient (Wildman–Crippen LogP) is 2.03. The molecule has 10 heteroatoms. The highest BCUT2D eigenvalue weighted by molar-refractivity contribution is 5.94. The lowest BCUT2D eigenvalue weighted by atomic mass is 10.1. The van der Waals surface area contributed by atoms with Gasteiger partial charge in [0.15, 0.2) is 0 Å². The standard InChI is InChI=1S/C23H24N8O2/c1-28-20(13-19(27-28)17-4-3-5-18(12-17)33-2)23(32)30-10-8-29(9-11-30)21-14-22(26-15-25-21)31-7-6-24-16-31/h3-7,12-16H,8-11H2,1-2H3. The second kappa shape index (κ2) is 8.73. The van der Waals surface area contributed by atoms with E-state index in [4.69, 9.17) is 4.74 Å². The fourth-order valence-electron chi connectivity index (χ4n) is 3.94. The summed E-state index contributed by atoms with van der Waals surface area (Å²) < 4.78 is 8.79. The number of hydrogen-bond acceptors (Lipinski definition) is 7. The van der Waals surface area contributed by atoms with Crippen molar-refractivity contribution in [3.63, 3.8) is 0 Å². The van der Waals surface area contributed by atoms with Gasteiger partial charge in [-0.2, -0.15) is 5.10 Å². The van der Waals surface area contributed by atoms with Gasteiger partial charge in [-0.3, -0.25) is 14.0 Å². The number of hydrogen-bond donors (Lipinski definition) is 0. The number of methoxy groups -OCH3 is 1. The van der Waals surface area contributed by atoms with Gasteiger partial charge in [0.05, 0.1) is 12.8 Å². The topological polar surface area (TPSA) is 94.2 Å². The van der Waals surface area contributed by atoms with Crippen LogP contribution in [-0.2, 0) is 7.05 Å². The maximum atomic E-state index is 13.2. The normalized spacial score (nSPS) is 13.9. The smallest absolute Gasteiger partial charge is 0.272 e. The van der Waals surface area contributed by atoms with Gasteiger partial charge in [-0.15, -0.1) is 0 Å². The summed E-state index contributed by atoms with van der Waals surface area (Å²) in [5, 5.41) is 4.55. The van der Waals surface area contributed by atoms with Crippen molar-refractivity contribution in [2.75, 3.05) is 38.2 Å². The van der Waals surface area contributed by atoms with E-state index in [0.717, 1.165) is 28.6 Å². The third-order valence-corrected chi connectivity index (χ3v) is 5.76. The number of carbonyl (C=O) groups is 1. The Labute approximate surface area is 191 Å². The van der Waals surface area contributed by atoms with E-state index in [9.17, 15) is 4.79 Å². The lowest BCUT2D eigenvalue weighted by molar-refractivity contribution is 0.0735. The van der Waals surface area contributed by atoms with Crippen molar-refractivity contribution < 1.29 is 9.53 Å². The Hall–Kier alpha value is -4.21. The van der Waals surface area contributed by atoms with Crippen LogP contribution in [0.5, 0.6) is 5.75 Å². The van der Waals surface area contributed by atoms with Crippen molar-refractivity contribution >= 4 is 11.7 Å². The van der Waals surface area contributed by atoms with Crippen LogP contribution in [0.1, 0.15) is 10.5 Å². The molecular formula is C23H24N8O2. The van der Waals surface area contributed by atoms with E-state index < -0.39 is 0 Å². The molecule has 1 aliphatic heterocycles. The van der Waals surface area contributed by atoms with Crippen LogP contribution < -0.4 is 9.64 Å². The lowest BCUT2D eigenvalue weighted by Gasteiger charge is -2.35. The first-order valence-corrected chi connectivity index (χ1v) is 10.7. The molecule has 0 atom stereocenters. The van der Waals surface area contributed by atoms with Crippen LogP contribution in [0.4, 0.5) is 5.82 Å². The summed E-state index contributed by atoms with van der Waals surface area (Å²) in [5.41, 5.74) is 2.21. The third-order valence-electron chi connectivity index (χ3n) is 5.76. The number of benzene rings is 1. The Morgan fingerprint density at radius 2 is 1.85 bits per heavy atom. The van der Waals surface area contributed by atoms with E-state index in [1.54, 1.807) is 37.7 Å². The van der Waals surface area contributed by atoms with Crippen LogP contribution >= 0.6 is 0 Å². The molecule has 0 aliphatic carbocycles. The minimum Gasteiger partial charge on any atom is -0.497 e. The van der Waals surface area contributed by atoms with Gasteiger partial charge in [0.25, 0.3) is 5.91 Å². The third kappa shape index (κ3) is 4.14. The average Bonchev–Trinajstić information content (AvgIpc) is 3.54. The van der Waals surface area contributed by atoms with Gasteiger partial charge < -0.3 is 14.5 Å². The van der Waals surface area contributed by atoms with E-state index in [1.807, 2.05) is 52.1 Å². The van der Waals surface area contributed by atoms with E-state index in [-0.39, 0.29) is 5.91 Å². The Morgan fingerprint density at radius 1 is 1.03 bits per heavy atom. The summed E-state index contributed by atoms with van der Waals surface area (Å²) >= 11 is 0. The van der Waals surface area contributed by atoms with E-state index in [0.29, 0.717) is 31.9 Å². The van der Waals surface area contributed by atoms with Gasteiger partial charge in [-0.1, -0.05) is 12.1 Å². The molecule has 1 amide bonds. The van der Waals surface area contributed by atoms with Gasteiger partial charge in [0.2, 0.25) is 0 Å². The monoisotopic (exact) mass is 444 g/mol. The van der Waals surface area contributed by atoms with Gasteiger partial charge in [-0.25, -0.2) is 15.0 Å². The molecule has 0 N–H and O–H groups in total. The predicted molar refractivity (Wildman–Crippen MR) is 122 cm³/mol. The molecule has 0 unspecified atom stereocenters. The molecule has 0 spiro atoms. The summed E-state index contributed by atoms with van der Waals surface area (Å²) in [4.78, 5) is 30.0. The molecule has 1 aromatic carbocycles. The summed E-state index contributed by atoms with van der Waals surface area (Å²) in [6.45, 7) is 2.57. The number of ether oxygens (including phenoxy) is 1. The van der Waals surface area contributed by atoms with Crippen LogP contribution in [0.3, 0.4) is 0 Å². The molecule has 1 fully saturated rings. The van der Waals surface area contributed by atoms with Crippen molar-refractivity contribution in [2.45, 2.75) is 0 Å². The van der Waals surface area contributed by atoms with Crippen LogP contribution in [0.15, 0.2) is 61.4 Å². The maximum Gasteiger partial charge on any atom is 0.272 e. The number of anilines is 1. The lowest BCUT2D eigenvalue weighted by Crippen LogP contribution is -2.49. The summed E-state index contributed by atoms with van der Waals surface area (Å²) in [7, 11) is 3.43. The largest absolute Gasteiger partial charge is 0.497 e. The van der Waals surface area contributed by atoms with Crippen molar-refractivity contribution in [3.05, 3.63) is 67.1 Å². The number of amides is 1. The van der Waals surface area contributed by atoms with Gasteiger partial charge in [0, 0.05) is 57.3 Å². The molecule has 0 radical (unpaired) electrons. The molecule has 1 aliphatic rings. The summed E-state index contributed by atoms with van der Waals surface area (Å²) in [5.74, 6) is 2.32. The van der Waals surface area contributed by atoms with Gasteiger partial charge >= 0.3 is 0 Å². The molecule has 168 valence electrons. The Kier molecular flexibility index (Phi) is 5.47. The zero-order chi connectivity index (χ0) is 22.8. The molecule has 10 nitrogen and oxygen atoms in total. The van der Waals surface area contributed by atoms with Gasteiger partial charge in [0.1, 0.15) is 35.7 Å². The highest BCUT2D eigenvalue weighted by atomic mass is 16.5. The fraction of sp³-hybridized carbons (Fsp3) is 0.261. The van der Waals surface area contributed by atoms with Crippen molar-refractivity contribution in [3.8, 4) is 22.8 Å². The van der Waals surface area contributed by atoms with Crippen molar-refractivity contribution in [1.82, 2.24) is 34.2 Å². The second-order valence-corrected chi connectivity index (χ2v) is 7.75. The number of rotatable bonds is 5. The van der Waals surface area contributed by atoms with Crippen LogP contribution in [0, 0.1) is 0 Å². The van der Waals surface area contributed by atoms with Crippen LogP contribution in [0.2, 0.25) is 0 Å². The van der Waals surface area contributed by atoms with Crippen molar-refractivity contribution in [2.24, 2.45) is 7.05 Å². The first-order valence-electron chi connectivity index (χ1n) is 10.7. The van der Waals surface area contributed by atoms with Crippen LogP contribution in [0.25, 0.3) is 17.1 Å². The SMILES string of the molecule is COc1cccc(-c2cc(C(=O)N3CCN(c4cc(-n5ccnc5)ncn4)CC3)n(C)n2)c1. The maximum absolute atomic E-state index is 13.2. The zero-order valence-electron chi connectivity index (χ0n) is 18.5. The van der Waals surface area contributed by atoms with E-state index in [1.165, 1.54) is 0 Å². The highest BCUT2D eigenvalue weighted by Crippen LogP contribution is 2.24. The Morgan fingerprint density at radius 3 is 2.61 bits per heavy atom. The molecule has 33 heavy (non-hydrogen) atoms. The average molecular weight is 444 g/mol. The second-order valence-electron chi connectivity index (χ2n) is 7.75. The van der Waals surface area contributed by atoms with E-state index in [2.05, 4.69) is 25.0 Å². The fourth-order valence-corrected chi connectivity index (χ4v) is 3.94. The number of carbonyl (C=O) groups excluding carboxylic acids is 1. The first kappa shape index (κ1) is 20.7. The van der Waals surface area contributed by atoms with Crippen LogP contribution in [-0.4, -0.2) is 73.4 Å². The Bertz CT molecular complexity index is 1260. The quantitative estimate of drug-likeness (QED) is 0.465. The Balaban J connectivity index is 1.28. The van der Waals surface area contributed by atoms with Gasteiger partial charge in [-0.05, 0) is 18.2 Å². The number of aromatic nitrogens is 6. The number of imidazole rings is 1. The highest BCUT2D eigenvalue weighted by Gasteiger charge is 2.26. The number of piperazine rings is 1. The zero-order valence-corrected chi connectivity index (χ0v) is 18.5. The molecule has 0 bridgehead atoms. The first-order chi connectivity index (χ1) is 16.1. The molecule has 4 heterocycles.